The van der Waals surface area contributed by atoms with E-state index in [1.165, 1.54) is 26.3 Å². The Morgan fingerprint density at radius 3 is 2.24 bits per heavy atom. The van der Waals surface area contributed by atoms with E-state index in [4.69, 9.17) is 4.74 Å². The first-order chi connectivity index (χ1) is 13.8. The number of benzene rings is 3. The predicted octanol–water partition coefficient (Wildman–Crippen LogP) is 4.08. The Kier molecular flexibility index (Phi) is 5.89. The molecule has 1 N–H and O–H groups in total. The highest BCUT2D eigenvalue weighted by Crippen LogP contribution is 2.25. The van der Waals surface area contributed by atoms with E-state index >= 15 is 0 Å². The first-order valence-electron chi connectivity index (χ1n) is 8.92. The quantitative estimate of drug-likeness (QED) is 0.664. The van der Waals surface area contributed by atoms with Crippen molar-refractivity contribution in [2.24, 2.45) is 0 Å². The molecule has 0 unspecified atom stereocenters. The van der Waals surface area contributed by atoms with Crippen LogP contribution in [0.2, 0.25) is 0 Å². The van der Waals surface area contributed by atoms with Crippen LogP contribution in [0.1, 0.15) is 15.9 Å². The molecule has 29 heavy (non-hydrogen) atoms. The summed E-state index contributed by atoms with van der Waals surface area (Å²) in [7, 11) is -0.805. The van der Waals surface area contributed by atoms with Crippen molar-refractivity contribution in [1.82, 2.24) is 0 Å². The van der Waals surface area contributed by atoms with Gasteiger partial charge in [0.05, 0.1) is 17.7 Å². The minimum atomic E-state index is -3.78. The third-order valence-corrected chi connectivity index (χ3v) is 6.30. The molecule has 3 aromatic rings. The van der Waals surface area contributed by atoms with Gasteiger partial charge in [0.1, 0.15) is 5.75 Å². The van der Waals surface area contributed by atoms with E-state index in [0.717, 1.165) is 9.87 Å². The number of carbonyl (C=O) groups is 1. The molecule has 0 aromatic heterocycles. The van der Waals surface area contributed by atoms with Gasteiger partial charge in [-0.25, -0.2) is 8.42 Å². The lowest BCUT2D eigenvalue weighted by atomic mass is 10.1. The number of anilines is 2. The second kappa shape index (κ2) is 8.36. The SMILES string of the molecule is COc1ccc(S(=O)(=O)N(C)c2cccc(C(=O)Nc3ccc(C)cc3)c2)cc1. The van der Waals surface area contributed by atoms with E-state index in [1.807, 2.05) is 31.2 Å². The number of ether oxygens (including phenoxy) is 1. The van der Waals surface area contributed by atoms with Gasteiger partial charge in [0.15, 0.2) is 0 Å². The van der Waals surface area contributed by atoms with E-state index in [2.05, 4.69) is 5.32 Å². The van der Waals surface area contributed by atoms with E-state index in [0.29, 0.717) is 22.7 Å². The fourth-order valence-electron chi connectivity index (χ4n) is 2.73. The van der Waals surface area contributed by atoms with Gasteiger partial charge in [-0.3, -0.25) is 9.10 Å². The molecular formula is C22H22N2O4S. The second-order valence-electron chi connectivity index (χ2n) is 6.52. The molecule has 0 fully saturated rings. The number of hydrogen-bond acceptors (Lipinski definition) is 4. The van der Waals surface area contributed by atoms with Gasteiger partial charge >= 0.3 is 0 Å². The number of rotatable bonds is 6. The average molecular weight is 410 g/mol. The molecule has 3 rings (SSSR count). The Bertz CT molecular complexity index is 1110. The Morgan fingerprint density at radius 2 is 1.62 bits per heavy atom. The van der Waals surface area contributed by atoms with Crippen LogP contribution in [0, 0.1) is 6.92 Å². The fourth-order valence-corrected chi connectivity index (χ4v) is 3.92. The molecule has 1 amide bonds. The molecule has 0 aliphatic rings. The van der Waals surface area contributed by atoms with Crippen LogP contribution in [0.5, 0.6) is 5.75 Å². The highest BCUT2D eigenvalue weighted by atomic mass is 32.2. The van der Waals surface area contributed by atoms with Gasteiger partial charge in [0, 0.05) is 18.3 Å². The van der Waals surface area contributed by atoms with Crippen LogP contribution >= 0.6 is 0 Å². The average Bonchev–Trinajstić information content (AvgIpc) is 2.75. The minimum absolute atomic E-state index is 0.135. The molecule has 0 radical (unpaired) electrons. The maximum absolute atomic E-state index is 12.9. The zero-order valence-corrected chi connectivity index (χ0v) is 17.2. The highest BCUT2D eigenvalue weighted by Gasteiger charge is 2.22. The molecule has 7 heteroatoms. The van der Waals surface area contributed by atoms with Crippen LogP contribution < -0.4 is 14.4 Å². The van der Waals surface area contributed by atoms with Gasteiger partial charge in [-0.05, 0) is 61.5 Å². The van der Waals surface area contributed by atoms with E-state index in [-0.39, 0.29) is 10.8 Å². The highest BCUT2D eigenvalue weighted by molar-refractivity contribution is 7.92. The third kappa shape index (κ3) is 4.57. The third-order valence-electron chi connectivity index (χ3n) is 4.50. The summed E-state index contributed by atoms with van der Waals surface area (Å²) in [6.45, 7) is 1.97. The van der Waals surface area contributed by atoms with Gasteiger partial charge in [-0.2, -0.15) is 0 Å². The number of nitrogens with zero attached hydrogens (tertiary/aromatic N) is 1. The number of nitrogens with one attached hydrogen (secondary N) is 1. The molecule has 0 spiro atoms. The van der Waals surface area contributed by atoms with E-state index < -0.39 is 10.0 Å². The molecule has 3 aromatic carbocycles. The number of aryl methyl sites for hydroxylation is 1. The van der Waals surface area contributed by atoms with Gasteiger partial charge in [-0.15, -0.1) is 0 Å². The summed E-state index contributed by atoms with van der Waals surface area (Å²) >= 11 is 0. The van der Waals surface area contributed by atoms with Crippen molar-refractivity contribution in [3.63, 3.8) is 0 Å². The van der Waals surface area contributed by atoms with Gasteiger partial charge in [0.2, 0.25) is 0 Å². The number of hydrogen-bond donors (Lipinski definition) is 1. The van der Waals surface area contributed by atoms with Crippen LogP contribution in [-0.2, 0) is 10.0 Å². The van der Waals surface area contributed by atoms with Crippen LogP contribution in [0.15, 0.2) is 77.7 Å². The molecule has 0 aliphatic carbocycles. The first kappa shape index (κ1) is 20.4. The zero-order valence-electron chi connectivity index (χ0n) is 16.4. The smallest absolute Gasteiger partial charge is 0.264 e. The maximum Gasteiger partial charge on any atom is 0.264 e. The summed E-state index contributed by atoms with van der Waals surface area (Å²) in [5, 5.41) is 2.81. The summed E-state index contributed by atoms with van der Waals surface area (Å²) in [6.07, 6.45) is 0. The number of amides is 1. The summed E-state index contributed by atoms with van der Waals surface area (Å²) < 4.78 is 32.1. The standard InChI is InChI=1S/C22H22N2O4S/c1-16-7-9-18(10-8-16)23-22(25)17-5-4-6-19(15-17)24(2)29(26,27)21-13-11-20(28-3)12-14-21/h4-15H,1-3H3,(H,23,25). The van der Waals surface area contributed by atoms with Crippen molar-refractivity contribution in [3.05, 3.63) is 83.9 Å². The zero-order chi connectivity index (χ0) is 21.0. The van der Waals surface area contributed by atoms with E-state index in [9.17, 15) is 13.2 Å². The summed E-state index contributed by atoms with van der Waals surface area (Å²) in [4.78, 5) is 12.7. The summed E-state index contributed by atoms with van der Waals surface area (Å²) in [5.41, 5.74) is 2.51. The van der Waals surface area contributed by atoms with E-state index in [1.54, 1.807) is 36.4 Å². The lowest BCUT2D eigenvalue weighted by Crippen LogP contribution is -2.26. The lowest BCUT2D eigenvalue weighted by Gasteiger charge is -2.20. The van der Waals surface area contributed by atoms with Crippen molar-refractivity contribution in [2.45, 2.75) is 11.8 Å². The topological polar surface area (TPSA) is 75.7 Å². The van der Waals surface area contributed by atoms with Gasteiger partial charge < -0.3 is 10.1 Å². The normalized spacial score (nSPS) is 11.0. The lowest BCUT2D eigenvalue weighted by molar-refractivity contribution is 0.102. The van der Waals surface area contributed by atoms with Crippen molar-refractivity contribution < 1.29 is 17.9 Å². The number of sulfonamides is 1. The monoisotopic (exact) mass is 410 g/mol. The van der Waals surface area contributed by atoms with Crippen molar-refractivity contribution >= 4 is 27.3 Å². The fraction of sp³-hybridized carbons (Fsp3) is 0.136. The Hall–Kier alpha value is -3.32. The molecule has 0 bridgehead atoms. The molecule has 0 aliphatic heterocycles. The van der Waals surface area contributed by atoms with Crippen LogP contribution in [0.25, 0.3) is 0 Å². The minimum Gasteiger partial charge on any atom is -0.497 e. The second-order valence-corrected chi connectivity index (χ2v) is 8.49. The van der Waals surface area contributed by atoms with Gasteiger partial charge in [0.25, 0.3) is 15.9 Å². The van der Waals surface area contributed by atoms with Crippen LogP contribution in [-0.4, -0.2) is 28.5 Å². The molecule has 6 nitrogen and oxygen atoms in total. The first-order valence-corrected chi connectivity index (χ1v) is 10.4. The Labute approximate surface area is 170 Å². The van der Waals surface area contributed by atoms with Crippen molar-refractivity contribution in [2.75, 3.05) is 23.8 Å². The van der Waals surface area contributed by atoms with Crippen molar-refractivity contribution in [1.29, 1.82) is 0 Å². The molecule has 0 heterocycles. The predicted molar refractivity (Wildman–Crippen MR) is 114 cm³/mol. The largest absolute Gasteiger partial charge is 0.497 e. The van der Waals surface area contributed by atoms with Crippen LogP contribution in [0.4, 0.5) is 11.4 Å². The van der Waals surface area contributed by atoms with Crippen molar-refractivity contribution in [3.8, 4) is 5.75 Å². The Morgan fingerprint density at radius 1 is 0.966 bits per heavy atom. The number of carbonyl (C=O) groups excluding carboxylic acids is 1. The molecular weight excluding hydrogens is 388 g/mol. The molecule has 150 valence electrons. The van der Waals surface area contributed by atoms with Gasteiger partial charge in [-0.1, -0.05) is 23.8 Å². The number of methoxy groups -OCH3 is 1. The molecule has 0 atom stereocenters. The summed E-state index contributed by atoms with van der Waals surface area (Å²) in [5.74, 6) is 0.257. The van der Waals surface area contributed by atoms with Crippen LogP contribution in [0.3, 0.4) is 0 Å². The maximum atomic E-state index is 12.9. The Balaban J connectivity index is 1.83. The molecule has 0 saturated heterocycles. The molecule has 0 saturated carbocycles. The summed E-state index contributed by atoms with van der Waals surface area (Å²) in [6, 6.07) is 20.1.